The van der Waals surface area contributed by atoms with E-state index >= 15 is 0 Å². The number of hydrogen-bond acceptors (Lipinski definition) is 4. The summed E-state index contributed by atoms with van der Waals surface area (Å²) in [5, 5.41) is 0. The second-order valence-electron chi connectivity index (χ2n) is 5.60. The van der Waals surface area contributed by atoms with Crippen LogP contribution in [-0.4, -0.2) is 45.3 Å². The highest BCUT2D eigenvalue weighted by atomic mass is 32.2. The molecule has 1 heterocycles. The minimum atomic E-state index is 0.737. The molecule has 0 fully saturated rings. The lowest BCUT2D eigenvalue weighted by molar-refractivity contribution is 0.124. The number of likely N-dealkylation sites (N-methyl/N-ethyl adjacent to an activating group) is 1. The molecule has 0 aromatic heterocycles. The number of fused-ring (bicyclic) bond motifs is 2. The minimum absolute atomic E-state index is 0.737. The Kier molecular flexibility index (Phi) is 5.03. The molecule has 0 saturated carbocycles. The summed E-state index contributed by atoms with van der Waals surface area (Å²) < 4.78 is 5.79. The van der Waals surface area contributed by atoms with Crippen molar-refractivity contribution in [2.75, 3.05) is 45.3 Å². The summed E-state index contributed by atoms with van der Waals surface area (Å²) in [7, 11) is 4.13. The molecule has 1 aliphatic rings. The Morgan fingerprint density at radius 2 is 1.50 bits per heavy atom. The van der Waals surface area contributed by atoms with Crippen molar-refractivity contribution in [2.24, 2.45) is 0 Å². The number of anilines is 2. The Labute approximate surface area is 136 Å². The molecule has 0 saturated heterocycles. The molecule has 0 aliphatic carbocycles. The summed E-state index contributed by atoms with van der Waals surface area (Å²) in [4.78, 5) is 7.14. The normalized spacial score (nSPS) is 13.1. The van der Waals surface area contributed by atoms with E-state index in [1.54, 1.807) is 0 Å². The third kappa shape index (κ3) is 3.46. The molecule has 3 rings (SSSR count). The van der Waals surface area contributed by atoms with Crippen LogP contribution in [0.5, 0.6) is 0 Å². The van der Waals surface area contributed by atoms with Crippen molar-refractivity contribution in [3.05, 3.63) is 48.5 Å². The topological polar surface area (TPSA) is 15.7 Å². The van der Waals surface area contributed by atoms with E-state index in [2.05, 4.69) is 72.4 Å². The van der Waals surface area contributed by atoms with Crippen LogP contribution in [-0.2, 0) is 4.74 Å². The highest BCUT2D eigenvalue weighted by Gasteiger charge is 2.22. The van der Waals surface area contributed by atoms with E-state index in [9.17, 15) is 0 Å². The second-order valence-corrected chi connectivity index (χ2v) is 6.69. The maximum absolute atomic E-state index is 5.79. The van der Waals surface area contributed by atoms with Crippen LogP contribution in [0.15, 0.2) is 58.3 Å². The monoisotopic (exact) mass is 314 g/mol. The average Bonchev–Trinajstić information content (AvgIpc) is 2.53. The molecule has 3 nitrogen and oxygen atoms in total. The summed E-state index contributed by atoms with van der Waals surface area (Å²) in [6, 6.07) is 17.2. The molecule has 0 bridgehead atoms. The van der Waals surface area contributed by atoms with Gasteiger partial charge in [-0.25, -0.2) is 0 Å². The molecule has 4 heteroatoms. The smallest absolute Gasteiger partial charge is 0.0646 e. The van der Waals surface area contributed by atoms with E-state index in [0.29, 0.717) is 0 Å². The van der Waals surface area contributed by atoms with Crippen molar-refractivity contribution < 1.29 is 4.74 Å². The molecule has 22 heavy (non-hydrogen) atoms. The minimum Gasteiger partial charge on any atom is -0.378 e. The molecular weight excluding hydrogens is 292 g/mol. The summed E-state index contributed by atoms with van der Waals surface area (Å²) in [6.45, 7) is 3.35. The fraction of sp³-hybridized carbons (Fsp3) is 0.333. The van der Waals surface area contributed by atoms with Crippen molar-refractivity contribution in [1.82, 2.24) is 4.90 Å². The molecule has 0 atom stereocenters. The Morgan fingerprint density at radius 1 is 0.909 bits per heavy atom. The van der Waals surface area contributed by atoms with Gasteiger partial charge in [-0.05, 0) is 38.4 Å². The fourth-order valence-corrected chi connectivity index (χ4v) is 3.62. The number of rotatable bonds is 6. The largest absolute Gasteiger partial charge is 0.378 e. The molecule has 0 spiro atoms. The molecule has 1 aliphatic heterocycles. The summed E-state index contributed by atoms with van der Waals surface area (Å²) in [5.41, 5.74) is 2.56. The third-order valence-electron chi connectivity index (χ3n) is 3.67. The van der Waals surface area contributed by atoms with E-state index in [1.807, 2.05) is 11.8 Å². The van der Waals surface area contributed by atoms with Gasteiger partial charge < -0.3 is 14.5 Å². The Morgan fingerprint density at radius 3 is 2.09 bits per heavy atom. The summed E-state index contributed by atoms with van der Waals surface area (Å²) in [6.07, 6.45) is 0. The highest BCUT2D eigenvalue weighted by Crippen LogP contribution is 2.47. The van der Waals surface area contributed by atoms with Crippen LogP contribution in [0.1, 0.15) is 0 Å². The molecular formula is C18H22N2OS. The van der Waals surface area contributed by atoms with Crippen LogP contribution in [0, 0.1) is 0 Å². The predicted molar refractivity (Wildman–Crippen MR) is 93.4 cm³/mol. The summed E-state index contributed by atoms with van der Waals surface area (Å²) in [5.74, 6) is 0. The van der Waals surface area contributed by atoms with Crippen molar-refractivity contribution in [3.8, 4) is 0 Å². The lowest BCUT2D eigenvalue weighted by Gasteiger charge is -2.32. The van der Waals surface area contributed by atoms with Gasteiger partial charge in [0.15, 0.2) is 0 Å². The van der Waals surface area contributed by atoms with Crippen LogP contribution < -0.4 is 4.90 Å². The number of benzene rings is 2. The molecule has 0 N–H and O–H groups in total. The van der Waals surface area contributed by atoms with Crippen LogP contribution in [0.4, 0.5) is 11.4 Å². The first-order valence-corrected chi connectivity index (χ1v) is 8.43. The van der Waals surface area contributed by atoms with Crippen LogP contribution in [0.3, 0.4) is 0 Å². The van der Waals surface area contributed by atoms with Gasteiger partial charge in [-0.3, -0.25) is 0 Å². The zero-order valence-electron chi connectivity index (χ0n) is 13.2. The SMILES string of the molecule is CN(C)CCOCCN1c2ccccc2Sc2ccccc21. The number of para-hydroxylation sites is 2. The lowest BCUT2D eigenvalue weighted by Crippen LogP contribution is -2.26. The maximum atomic E-state index is 5.79. The van der Waals surface area contributed by atoms with Gasteiger partial charge in [0.25, 0.3) is 0 Å². The van der Waals surface area contributed by atoms with Gasteiger partial charge in [0.05, 0.1) is 24.6 Å². The van der Waals surface area contributed by atoms with E-state index in [-0.39, 0.29) is 0 Å². The predicted octanol–water partition coefficient (Wildman–Crippen LogP) is 3.87. The van der Waals surface area contributed by atoms with Gasteiger partial charge in [0.1, 0.15) is 0 Å². The first-order valence-electron chi connectivity index (χ1n) is 7.61. The van der Waals surface area contributed by atoms with Crippen LogP contribution in [0.2, 0.25) is 0 Å². The van der Waals surface area contributed by atoms with Gasteiger partial charge in [-0.2, -0.15) is 0 Å². The van der Waals surface area contributed by atoms with Crippen molar-refractivity contribution in [2.45, 2.75) is 9.79 Å². The van der Waals surface area contributed by atoms with Gasteiger partial charge in [0.2, 0.25) is 0 Å². The van der Waals surface area contributed by atoms with E-state index < -0.39 is 0 Å². The van der Waals surface area contributed by atoms with Crippen molar-refractivity contribution in [1.29, 1.82) is 0 Å². The number of nitrogens with zero attached hydrogens (tertiary/aromatic N) is 2. The molecule has 0 amide bonds. The maximum Gasteiger partial charge on any atom is 0.0646 e. The van der Waals surface area contributed by atoms with Gasteiger partial charge >= 0.3 is 0 Å². The average molecular weight is 314 g/mol. The van der Waals surface area contributed by atoms with E-state index in [4.69, 9.17) is 4.74 Å². The molecule has 2 aromatic rings. The molecule has 0 radical (unpaired) electrons. The van der Waals surface area contributed by atoms with Crippen molar-refractivity contribution in [3.63, 3.8) is 0 Å². The molecule has 2 aromatic carbocycles. The Balaban J connectivity index is 1.72. The van der Waals surface area contributed by atoms with Crippen LogP contribution in [0.25, 0.3) is 0 Å². The van der Waals surface area contributed by atoms with Crippen molar-refractivity contribution >= 4 is 23.1 Å². The highest BCUT2D eigenvalue weighted by molar-refractivity contribution is 7.99. The second kappa shape index (κ2) is 7.18. The Bertz CT molecular complexity index is 584. The van der Waals surface area contributed by atoms with Crippen LogP contribution >= 0.6 is 11.8 Å². The first kappa shape index (κ1) is 15.4. The number of ether oxygens (including phenoxy) is 1. The third-order valence-corrected chi connectivity index (χ3v) is 4.80. The van der Waals surface area contributed by atoms with Gasteiger partial charge in [-0.15, -0.1) is 0 Å². The molecule has 0 unspecified atom stereocenters. The lowest BCUT2D eigenvalue weighted by atomic mass is 10.2. The van der Waals surface area contributed by atoms with Gasteiger partial charge in [-0.1, -0.05) is 36.0 Å². The zero-order chi connectivity index (χ0) is 15.4. The first-order chi connectivity index (χ1) is 10.8. The van der Waals surface area contributed by atoms with E-state index in [0.717, 1.165) is 26.3 Å². The quantitative estimate of drug-likeness (QED) is 0.752. The summed E-state index contributed by atoms with van der Waals surface area (Å²) >= 11 is 1.84. The fourth-order valence-electron chi connectivity index (χ4n) is 2.53. The number of hydrogen-bond donors (Lipinski definition) is 0. The zero-order valence-corrected chi connectivity index (χ0v) is 14.0. The Hall–Kier alpha value is -1.49. The standard InChI is InChI=1S/C18H22N2OS/c1-19(2)11-13-21-14-12-20-15-7-3-5-9-17(15)22-18-10-6-4-8-16(18)20/h3-10H,11-14H2,1-2H3. The van der Waals surface area contributed by atoms with Gasteiger partial charge in [0, 0.05) is 22.9 Å². The molecule has 116 valence electrons. The van der Waals surface area contributed by atoms with E-state index in [1.165, 1.54) is 21.2 Å².